The zero-order valence-corrected chi connectivity index (χ0v) is 7.98. The van der Waals surface area contributed by atoms with Gasteiger partial charge in [-0.05, 0) is 11.6 Å². The number of pyridine rings is 1. The lowest BCUT2D eigenvalue weighted by Gasteiger charge is -2.04. The average molecular weight is 185 g/mol. The molecule has 3 N–H and O–H groups in total. The third-order valence-electron chi connectivity index (χ3n) is 2.26. The third kappa shape index (κ3) is 1.65. The van der Waals surface area contributed by atoms with Gasteiger partial charge in [-0.15, -0.1) is 0 Å². The van der Waals surface area contributed by atoms with Crippen LogP contribution >= 0.6 is 0 Å². The van der Waals surface area contributed by atoms with Crippen molar-refractivity contribution >= 4 is 0 Å². The molecule has 70 valence electrons. The van der Waals surface area contributed by atoms with E-state index >= 15 is 0 Å². The van der Waals surface area contributed by atoms with Gasteiger partial charge >= 0.3 is 0 Å². The lowest BCUT2D eigenvalue weighted by molar-refractivity contribution is -0.386. The number of quaternary nitrogens is 1. The van der Waals surface area contributed by atoms with Gasteiger partial charge in [0.2, 0.25) is 0 Å². The number of rotatable bonds is 2. The Morgan fingerprint density at radius 3 is 2.64 bits per heavy atom. The van der Waals surface area contributed by atoms with Crippen molar-refractivity contribution in [3.05, 3.63) is 54.4 Å². The fourth-order valence-corrected chi connectivity index (χ4v) is 1.54. The highest BCUT2D eigenvalue weighted by molar-refractivity contribution is 5.66. The van der Waals surface area contributed by atoms with Gasteiger partial charge in [-0.3, -0.25) is 4.98 Å². The van der Waals surface area contributed by atoms with E-state index in [4.69, 9.17) is 0 Å². The summed E-state index contributed by atoms with van der Waals surface area (Å²) in [5.74, 6) is 0. The molecule has 0 aliphatic carbocycles. The molecule has 2 rings (SSSR count). The van der Waals surface area contributed by atoms with Crippen LogP contribution in [0, 0.1) is 0 Å². The van der Waals surface area contributed by atoms with E-state index in [0.29, 0.717) is 0 Å². The van der Waals surface area contributed by atoms with Crippen molar-refractivity contribution in [2.45, 2.75) is 6.54 Å². The van der Waals surface area contributed by atoms with Gasteiger partial charge in [0.1, 0.15) is 6.54 Å². The second-order valence-electron chi connectivity index (χ2n) is 3.15. The summed E-state index contributed by atoms with van der Waals surface area (Å²) in [5.41, 5.74) is 7.58. The summed E-state index contributed by atoms with van der Waals surface area (Å²) in [7, 11) is 0. The Bertz CT molecular complexity index is 410. The van der Waals surface area contributed by atoms with Crippen LogP contribution in [-0.2, 0) is 6.54 Å². The van der Waals surface area contributed by atoms with Crippen molar-refractivity contribution in [3.8, 4) is 11.1 Å². The van der Waals surface area contributed by atoms with Crippen LogP contribution in [-0.4, -0.2) is 4.98 Å². The van der Waals surface area contributed by atoms with Gasteiger partial charge in [-0.1, -0.05) is 30.3 Å². The Morgan fingerprint density at radius 2 is 1.93 bits per heavy atom. The number of hydrogen-bond donors (Lipinski definition) is 1. The van der Waals surface area contributed by atoms with Crippen molar-refractivity contribution in [2.75, 3.05) is 0 Å². The van der Waals surface area contributed by atoms with Gasteiger partial charge in [0.25, 0.3) is 0 Å². The number of nitrogens with zero attached hydrogens (tertiary/aromatic N) is 1. The molecule has 0 fully saturated rings. The Balaban J connectivity index is 2.51. The molecule has 1 aromatic carbocycles. The van der Waals surface area contributed by atoms with Crippen molar-refractivity contribution in [2.24, 2.45) is 0 Å². The topological polar surface area (TPSA) is 40.5 Å². The first-order chi connectivity index (χ1) is 6.92. The number of hydrogen-bond acceptors (Lipinski definition) is 1. The van der Waals surface area contributed by atoms with E-state index in [0.717, 1.165) is 12.1 Å². The Morgan fingerprint density at radius 1 is 1.07 bits per heavy atom. The van der Waals surface area contributed by atoms with E-state index < -0.39 is 0 Å². The normalized spacial score (nSPS) is 10.1. The molecule has 0 saturated carbocycles. The second-order valence-corrected chi connectivity index (χ2v) is 3.15. The summed E-state index contributed by atoms with van der Waals surface area (Å²) in [6.07, 6.45) is 3.67. The molecule has 2 aromatic rings. The summed E-state index contributed by atoms with van der Waals surface area (Å²) in [4.78, 5) is 4.12. The van der Waals surface area contributed by atoms with Crippen LogP contribution in [0.2, 0.25) is 0 Å². The quantitative estimate of drug-likeness (QED) is 0.756. The molecular formula is C12H13N2+. The maximum absolute atomic E-state index is 4.12. The molecule has 0 saturated heterocycles. The molecule has 0 aliphatic heterocycles. The molecule has 2 heteroatoms. The Labute approximate surface area is 83.4 Å². The van der Waals surface area contributed by atoms with Crippen molar-refractivity contribution in [1.29, 1.82) is 0 Å². The summed E-state index contributed by atoms with van der Waals surface area (Å²) in [5, 5.41) is 0. The summed E-state index contributed by atoms with van der Waals surface area (Å²) in [6.45, 7) is 0.811. The van der Waals surface area contributed by atoms with Crippen LogP contribution in [0.4, 0.5) is 0 Å². The molecule has 0 spiro atoms. The van der Waals surface area contributed by atoms with Crippen molar-refractivity contribution < 1.29 is 5.73 Å². The predicted octanol–water partition coefficient (Wildman–Crippen LogP) is 1.49. The fraction of sp³-hybridized carbons (Fsp3) is 0.0833. The molecule has 1 aromatic heterocycles. The molecule has 14 heavy (non-hydrogen) atoms. The van der Waals surface area contributed by atoms with Gasteiger partial charge in [-0.25, -0.2) is 0 Å². The number of aromatic nitrogens is 1. The second kappa shape index (κ2) is 4.03. The van der Waals surface area contributed by atoms with E-state index in [2.05, 4.69) is 28.9 Å². The molecule has 2 nitrogen and oxygen atoms in total. The Kier molecular flexibility index (Phi) is 2.56. The number of benzene rings is 1. The van der Waals surface area contributed by atoms with Crippen LogP contribution in [0.1, 0.15) is 5.56 Å². The maximum atomic E-state index is 4.12. The first-order valence-electron chi connectivity index (χ1n) is 4.69. The van der Waals surface area contributed by atoms with Gasteiger partial charge < -0.3 is 5.73 Å². The maximum Gasteiger partial charge on any atom is 0.100 e. The minimum absolute atomic E-state index is 0.811. The van der Waals surface area contributed by atoms with Crippen LogP contribution in [0.25, 0.3) is 11.1 Å². The third-order valence-corrected chi connectivity index (χ3v) is 2.26. The molecule has 0 radical (unpaired) electrons. The first-order valence-corrected chi connectivity index (χ1v) is 4.69. The summed E-state index contributed by atoms with van der Waals surface area (Å²) >= 11 is 0. The van der Waals surface area contributed by atoms with Gasteiger partial charge in [0.05, 0.1) is 0 Å². The van der Waals surface area contributed by atoms with Gasteiger partial charge in [0, 0.05) is 23.5 Å². The fourth-order valence-electron chi connectivity index (χ4n) is 1.54. The summed E-state index contributed by atoms with van der Waals surface area (Å²) in [6, 6.07) is 12.3. The van der Waals surface area contributed by atoms with E-state index in [1.807, 2.05) is 24.4 Å². The molecule has 0 amide bonds. The van der Waals surface area contributed by atoms with Crippen molar-refractivity contribution in [3.63, 3.8) is 0 Å². The van der Waals surface area contributed by atoms with Crippen LogP contribution in [0.5, 0.6) is 0 Å². The highest BCUT2D eigenvalue weighted by Gasteiger charge is 2.02. The minimum atomic E-state index is 0.811. The van der Waals surface area contributed by atoms with Gasteiger partial charge in [0.15, 0.2) is 0 Å². The minimum Gasteiger partial charge on any atom is -0.354 e. The van der Waals surface area contributed by atoms with Gasteiger partial charge in [-0.2, -0.15) is 0 Å². The molecular weight excluding hydrogens is 172 g/mol. The zero-order valence-electron chi connectivity index (χ0n) is 7.98. The van der Waals surface area contributed by atoms with E-state index in [1.54, 1.807) is 6.20 Å². The summed E-state index contributed by atoms with van der Waals surface area (Å²) < 4.78 is 0. The van der Waals surface area contributed by atoms with E-state index in [-0.39, 0.29) is 0 Å². The molecule has 0 atom stereocenters. The SMILES string of the molecule is [NH3+]Cc1ccccc1-c1cccnc1. The van der Waals surface area contributed by atoms with E-state index in [1.165, 1.54) is 11.1 Å². The van der Waals surface area contributed by atoms with Crippen LogP contribution < -0.4 is 5.73 Å². The van der Waals surface area contributed by atoms with Crippen LogP contribution in [0.15, 0.2) is 48.8 Å². The molecule has 1 heterocycles. The molecule has 0 unspecified atom stereocenters. The largest absolute Gasteiger partial charge is 0.354 e. The van der Waals surface area contributed by atoms with E-state index in [9.17, 15) is 0 Å². The van der Waals surface area contributed by atoms with Crippen LogP contribution in [0.3, 0.4) is 0 Å². The first kappa shape index (κ1) is 8.91. The molecule has 0 aliphatic rings. The predicted molar refractivity (Wildman–Crippen MR) is 56.3 cm³/mol. The zero-order chi connectivity index (χ0) is 9.80. The molecule has 0 bridgehead atoms. The highest BCUT2D eigenvalue weighted by atomic mass is 14.6. The average Bonchev–Trinajstić information content (AvgIpc) is 2.30. The standard InChI is InChI=1S/C12H12N2/c13-8-10-4-1-2-6-12(10)11-5-3-7-14-9-11/h1-7,9H,8,13H2/p+1. The lowest BCUT2D eigenvalue weighted by Crippen LogP contribution is -2.47. The lowest BCUT2D eigenvalue weighted by atomic mass is 10.0. The van der Waals surface area contributed by atoms with Crippen molar-refractivity contribution in [1.82, 2.24) is 4.98 Å². The Hall–Kier alpha value is -1.67. The smallest absolute Gasteiger partial charge is 0.100 e. The highest BCUT2D eigenvalue weighted by Crippen LogP contribution is 2.21. The monoisotopic (exact) mass is 185 g/mol.